The first-order valence-electron chi connectivity index (χ1n) is 8.48. The quantitative estimate of drug-likeness (QED) is 0.836. The van der Waals surface area contributed by atoms with Crippen molar-refractivity contribution in [2.24, 2.45) is 13.0 Å². The highest BCUT2D eigenvalue weighted by Gasteiger charge is 2.29. The molecule has 1 saturated heterocycles. The molecule has 3 atom stereocenters. The van der Waals surface area contributed by atoms with E-state index in [1.54, 1.807) is 6.33 Å². The van der Waals surface area contributed by atoms with Crippen molar-refractivity contribution < 1.29 is 14.3 Å². The molecule has 7 nitrogen and oxygen atoms in total. The van der Waals surface area contributed by atoms with Gasteiger partial charge in [0.2, 0.25) is 5.91 Å². The Morgan fingerprint density at radius 2 is 2.35 bits per heavy atom. The first-order chi connectivity index (χ1) is 11.1. The van der Waals surface area contributed by atoms with Crippen molar-refractivity contribution in [2.75, 3.05) is 26.3 Å². The van der Waals surface area contributed by atoms with Crippen LogP contribution < -0.4 is 0 Å². The van der Waals surface area contributed by atoms with Crippen LogP contribution in [0, 0.1) is 5.92 Å². The number of hydrogen-bond acceptors (Lipinski definition) is 5. The van der Waals surface area contributed by atoms with Gasteiger partial charge < -0.3 is 18.9 Å². The van der Waals surface area contributed by atoms with E-state index in [1.165, 1.54) is 12.8 Å². The van der Waals surface area contributed by atoms with Gasteiger partial charge in [0.15, 0.2) is 5.82 Å². The summed E-state index contributed by atoms with van der Waals surface area (Å²) in [7, 11) is 1.88. The molecule has 0 N–H and O–H groups in total. The Morgan fingerprint density at radius 3 is 3.09 bits per heavy atom. The fourth-order valence-electron chi connectivity index (χ4n) is 3.43. The lowest BCUT2D eigenvalue weighted by molar-refractivity contribution is -0.147. The van der Waals surface area contributed by atoms with Gasteiger partial charge in [0.1, 0.15) is 19.0 Å². The van der Waals surface area contributed by atoms with Crippen LogP contribution in [0.15, 0.2) is 6.33 Å². The van der Waals surface area contributed by atoms with E-state index in [1.807, 2.05) is 16.5 Å². The predicted molar refractivity (Wildman–Crippen MR) is 83.6 cm³/mol. The van der Waals surface area contributed by atoms with Gasteiger partial charge in [-0.1, -0.05) is 19.8 Å². The van der Waals surface area contributed by atoms with Crippen LogP contribution in [0.2, 0.25) is 0 Å². The summed E-state index contributed by atoms with van der Waals surface area (Å²) in [5.41, 5.74) is 0. The van der Waals surface area contributed by atoms with E-state index in [-0.39, 0.29) is 24.7 Å². The highest BCUT2D eigenvalue weighted by atomic mass is 16.5. The molecule has 1 amide bonds. The Balaban J connectivity index is 1.50. The second kappa shape index (κ2) is 7.40. The van der Waals surface area contributed by atoms with Crippen LogP contribution in [0.4, 0.5) is 0 Å². The normalized spacial score (nSPS) is 28.8. The van der Waals surface area contributed by atoms with Crippen LogP contribution in [-0.2, 0) is 21.3 Å². The molecule has 1 aromatic rings. The molecule has 128 valence electrons. The molecule has 1 aromatic heterocycles. The van der Waals surface area contributed by atoms with E-state index < -0.39 is 0 Å². The van der Waals surface area contributed by atoms with E-state index in [9.17, 15) is 4.79 Å². The largest absolute Gasteiger partial charge is 0.368 e. The molecule has 0 unspecified atom stereocenters. The Bertz CT molecular complexity index is 533. The Hall–Kier alpha value is -1.47. The van der Waals surface area contributed by atoms with Gasteiger partial charge in [-0.25, -0.2) is 0 Å². The standard InChI is InChI=1S/C16H26N4O3/c1-12-4-3-5-13(8-12)23-10-15(21)20-6-7-22-14(9-20)16-18-17-11-19(16)2/h11-14H,3-10H2,1-2H3/t12-,13-,14-/m1/s1. The Labute approximate surface area is 137 Å². The number of rotatable bonds is 4. The van der Waals surface area contributed by atoms with E-state index >= 15 is 0 Å². The molecule has 1 aliphatic heterocycles. The average Bonchev–Trinajstić information content (AvgIpc) is 2.99. The zero-order valence-electron chi connectivity index (χ0n) is 14.0. The van der Waals surface area contributed by atoms with Gasteiger partial charge in [-0.2, -0.15) is 0 Å². The molecule has 3 rings (SSSR count). The number of carbonyl (C=O) groups excluding carboxylic acids is 1. The topological polar surface area (TPSA) is 69.5 Å². The Kier molecular flexibility index (Phi) is 5.27. The summed E-state index contributed by atoms with van der Waals surface area (Å²) in [5, 5.41) is 7.96. The van der Waals surface area contributed by atoms with Gasteiger partial charge in [0.25, 0.3) is 0 Å². The summed E-state index contributed by atoms with van der Waals surface area (Å²) >= 11 is 0. The van der Waals surface area contributed by atoms with E-state index in [0.29, 0.717) is 25.6 Å². The van der Waals surface area contributed by atoms with Crippen LogP contribution in [0.3, 0.4) is 0 Å². The van der Waals surface area contributed by atoms with Crippen molar-refractivity contribution in [3.05, 3.63) is 12.2 Å². The monoisotopic (exact) mass is 322 g/mol. The summed E-state index contributed by atoms with van der Waals surface area (Å²) in [6, 6.07) is 0. The zero-order chi connectivity index (χ0) is 16.2. The summed E-state index contributed by atoms with van der Waals surface area (Å²) in [6.45, 7) is 4.06. The number of aromatic nitrogens is 3. The fourth-order valence-corrected chi connectivity index (χ4v) is 3.43. The smallest absolute Gasteiger partial charge is 0.248 e. The van der Waals surface area contributed by atoms with Gasteiger partial charge in [-0.15, -0.1) is 10.2 Å². The van der Waals surface area contributed by atoms with Crippen molar-refractivity contribution in [1.82, 2.24) is 19.7 Å². The predicted octanol–water partition coefficient (Wildman–Crippen LogP) is 1.31. The third-order valence-corrected chi connectivity index (χ3v) is 4.78. The number of ether oxygens (including phenoxy) is 2. The van der Waals surface area contributed by atoms with Crippen molar-refractivity contribution >= 4 is 5.91 Å². The van der Waals surface area contributed by atoms with Crippen LogP contribution in [-0.4, -0.2) is 58.0 Å². The molecule has 2 fully saturated rings. The number of morpholine rings is 1. The van der Waals surface area contributed by atoms with E-state index in [2.05, 4.69) is 17.1 Å². The molecule has 1 aliphatic carbocycles. The third kappa shape index (κ3) is 4.09. The maximum atomic E-state index is 12.4. The molecule has 0 aromatic carbocycles. The van der Waals surface area contributed by atoms with E-state index in [4.69, 9.17) is 9.47 Å². The summed E-state index contributed by atoms with van der Waals surface area (Å²) in [5.74, 6) is 1.50. The van der Waals surface area contributed by atoms with Crippen molar-refractivity contribution in [3.8, 4) is 0 Å². The van der Waals surface area contributed by atoms with Gasteiger partial charge in [-0.3, -0.25) is 4.79 Å². The fraction of sp³-hybridized carbons (Fsp3) is 0.812. The summed E-state index contributed by atoms with van der Waals surface area (Å²) in [4.78, 5) is 14.2. The minimum Gasteiger partial charge on any atom is -0.368 e. The number of amides is 1. The minimum absolute atomic E-state index is 0.0405. The molecule has 0 bridgehead atoms. The maximum Gasteiger partial charge on any atom is 0.248 e. The highest BCUT2D eigenvalue weighted by Crippen LogP contribution is 2.26. The molecule has 2 aliphatic rings. The molecule has 2 heterocycles. The molecule has 7 heteroatoms. The van der Waals surface area contributed by atoms with Crippen molar-refractivity contribution in [2.45, 2.75) is 44.8 Å². The van der Waals surface area contributed by atoms with Crippen LogP contribution >= 0.6 is 0 Å². The molecule has 0 radical (unpaired) electrons. The van der Waals surface area contributed by atoms with Gasteiger partial charge >= 0.3 is 0 Å². The van der Waals surface area contributed by atoms with Crippen LogP contribution in [0.5, 0.6) is 0 Å². The number of aryl methyl sites for hydroxylation is 1. The molecule has 0 spiro atoms. The van der Waals surface area contributed by atoms with Crippen molar-refractivity contribution in [3.63, 3.8) is 0 Å². The molecular weight excluding hydrogens is 296 g/mol. The maximum absolute atomic E-state index is 12.4. The lowest BCUT2D eigenvalue weighted by Gasteiger charge is -2.33. The first-order valence-corrected chi connectivity index (χ1v) is 8.48. The second-order valence-corrected chi connectivity index (χ2v) is 6.70. The molecule has 23 heavy (non-hydrogen) atoms. The minimum atomic E-state index is -0.213. The SMILES string of the molecule is C[C@@H]1CCC[C@@H](OCC(=O)N2CCO[C@@H](c3nncn3C)C2)C1. The number of nitrogens with zero attached hydrogens (tertiary/aromatic N) is 4. The zero-order valence-corrected chi connectivity index (χ0v) is 14.0. The average molecular weight is 322 g/mol. The van der Waals surface area contributed by atoms with Gasteiger partial charge in [0, 0.05) is 13.6 Å². The van der Waals surface area contributed by atoms with Crippen molar-refractivity contribution in [1.29, 1.82) is 0 Å². The summed E-state index contributed by atoms with van der Waals surface area (Å²) < 4.78 is 13.4. The number of hydrogen-bond donors (Lipinski definition) is 0. The number of carbonyl (C=O) groups is 1. The second-order valence-electron chi connectivity index (χ2n) is 6.70. The molecule has 1 saturated carbocycles. The molecular formula is C16H26N4O3. The third-order valence-electron chi connectivity index (χ3n) is 4.78. The van der Waals surface area contributed by atoms with Gasteiger partial charge in [-0.05, 0) is 18.8 Å². The lowest BCUT2D eigenvalue weighted by Crippen LogP contribution is -2.44. The van der Waals surface area contributed by atoms with E-state index in [0.717, 1.165) is 18.7 Å². The first kappa shape index (κ1) is 16.4. The van der Waals surface area contributed by atoms with Crippen LogP contribution in [0.25, 0.3) is 0 Å². The lowest BCUT2D eigenvalue weighted by atomic mass is 9.89. The highest BCUT2D eigenvalue weighted by molar-refractivity contribution is 5.77. The van der Waals surface area contributed by atoms with Crippen LogP contribution in [0.1, 0.15) is 44.5 Å². The van der Waals surface area contributed by atoms with Gasteiger partial charge in [0.05, 0.1) is 19.3 Å². The summed E-state index contributed by atoms with van der Waals surface area (Å²) in [6.07, 6.45) is 6.28. The Morgan fingerprint density at radius 1 is 1.48 bits per heavy atom.